The van der Waals surface area contributed by atoms with E-state index in [1.165, 1.54) is 0 Å². The second-order valence-corrected chi connectivity index (χ2v) is 7.64. The zero-order chi connectivity index (χ0) is 20.7. The summed E-state index contributed by atoms with van der Waals surface area (Å²) in [6.07, 6.45) is 0.502. The molecule has 0 aliphatic carbocycles. The quantitative estimate of drug-likeness (QED) is 0.628. The molecule has 0 spiro atoms. The average molecular weight is 468 g/mol. The Balaban J connectivity index is 2.22. The number of amides is 2. The first-order chi connectivity index (χ1) is 13.4. The Hall–Kier alpha value is -2.05. The maximum Gasteiger partial charge on any atom is 0.261 e. The van der Waals surface area contributed by atoms with E-state index in [0.29, 0.717) is 28.2 Å². The smallest absolute Gasteiger partial charge is 0.261 e. The normalized spacial score (nSPS) is 11.6. The van der Waals surface area contributed by atoms with Crippen LogP contribution in [0.2, 0.25) is 5.02 Å². The SMILES string of the molecule is CCC(C(=O)NC)N(Cc1ccccc1C)C(=O)COc1ccc(Cl)cc1Br. The van der Waals surface area contributed by atoms with E-state index in [9.17, 15) is 9.59 Å². The number of rotatable bonds is 8. The predicted molar refractivity (Wildman–Crippen MR) is 115 cm³/mol. The number of ether oxygens (including phenoxy) is 1. The highest BCUT2D eigenvalue weighted by atomic mass is 79.9. The van der Waals surface area contributed by atoms with E-state index in [2.05, 4.69) is 21.2 Å². The summed E-state index contributed by atoms with van der Waals surface area (Å²) >= 11 is 9.32. The van der Waals surface area contributed by atoms with Crippen LogP contribution in [0.25, 0.3) is 0 Å². The van der Waals surface area contributed by atoms with Gasteiger partial charge in [0.05, 0.1) is 4.47 Å². The van der Waals surface area contributed by atoms with Crippen molar-refractivity contribution in [2.75, 3.05) is 13.7 Å². The fourth-order valence-corrected chi connectivity index (χ4v) is 3.67. The first-order valence-electron chi connectivity index (χ1n) is 9.00. The second kappa shape index (κ2) is 10.5. The third kappa shape index (κ3) is 5.72. The van der Waals surface area contributed by atoms with Gasteiger partial charge in [-0.25, -0.2) is 0 Å². The molecule has 0 fully saturated rings. The number of nitrogens with zero attached hydrogens (tertiary/aromatic N) is 1. The maximum atomic E-state index is 13.0. The minimum atomic E-state index is -0.575. The largest absolute Gasteiger partial charge is 0.483 e. The number of halogens is 2. The Morgan fingerprint density at radius 3 is 2.57 bits per heavy atom. The monoisotopic (exact) mass is 466 g/mol. The summed E-state index contributed by atoms with van der Waals surface area (Å²) in [5.41, 5.74) is 2.05. The van der Waals surface area contributed by atoms with E-state index in [-0.39, 0.29) is 18.4 Å². The van der Waals surface area contributed by atoms with Crippen molar-refractivity contribution in [2.45, 2.75) is 32.9 Å². The molecule has 1 atom stereocenters. The van der Waals surface area contributed by atoms with Gasteiger partial charge in [0.15, 0.2) is 6.61 Å². The van der Waals surface area contributed by atoms with Crippen LogP contribution in [0.3, 0.4) is 0 Å². The predicted octanol–water partition coefficient (Wildman–Crippen LogP) is 4.34. The Morgan fingerprint density at radius 2 is 1.96 bits per heavy atom. The van der Waals surface area contributed by atoms with Gasteiger partial charge in [-0.3, -0.25) is 9.59 Å². The van der Waals surface area contributed by atoms with Crippen molar-refractivity contribution in [1.82, 2.24) is 10.2 Å². The van der Waals surface area contributed by atoms with Gasteiger partial charge in [0.2, 0.25) is 5.91 Å². The Kier molecular flexibility index (Phi) is 8.33. The average Bonchev–Trinajstić information content (AvgIpc) is 2.68. The lowest BCUT2D eigenvalue weighted by Gasteiger charge is -2.30. The van der Waals surface area contributed by atoms with Crippen LogP contribution in [0.15, 0.2) is 46.9 Å². The van der Waals surface area contributed by atoms with E-state index in [1.807, 2.05) is 38.1 Å². The molecule has 0 aromatic heterocycles. The maximum absolute atomic E-state index is 13.0. The number of carbonyl (C=O) groups excluding carboxylic acids is 2. The van der Waals surface area contributed by atoms with E-state index in [4.69, 9.17) is 16.3 Å². The van der Waals surface area contributed by atoms with Crippen LogP contribution in [-0.2, 0) is 16.1 Å². The Labute approximate surface area is 179 Å². The van der Waals surface area contributed by atoms with Gasteiger partial charge in [-0.05, 0) is 58.6 Å². The lowest BCUT2D eigenvalue weighted by Crippen LogP contribution is -2.49. The van der Waals surface area contributed by atoms with E-state index in [1.54, 1.807) is 30.1 Å². The van der Waals surface area contributed by atoms with Crippen molar-refractivity contribution in [1.29, 1.82) is 0 Å². The number of nitrogens with one attached hydrogen (secondary N) is 1. The zero-order valence-electron chi connectivity index (χ0n) is 16.2. The number of benzene rings is 2. The van der Waals surface area contributed by atoms with E-state index in [0.717, 1.165) is 11.1 Å². The standard InChI is InChI=1S/C21H24BrClN2O3/c1-4-18(21(27)24-3)25(12-15-8-6-5-7-14(15)2)20(26)13-28-19-10-9-16(23)11-17(19)22/h5-11,18H,4,12-13H2,1-3H3,(H,24,27). The molecule has 0 radical (unpaired) electrons. The zero-order valence-corrected chi connectivity index (χ0v) is 18.5. The summed E-state index contributed by atoms with van der Waals surface area (Å²) < 4.78 is 6.35. The number of aryl methyl sites for hydroxylation is 1. The van der Waals surface area contributed by atoms with Gasteiger partial charge in [-0.1, -0.05) is 42.8 Å². The summed E-state index contributed by atoms with van der Waals surface area (Å²) in [7, 11) is 1.57. The highest BCUT2D eigenvalue weighted by molar-refractivity contribution is 9.10. The molecule has 0 aliphatic rings. The summed E-state index contributed by atoms with van der Waals surface area (Å²) in [6.45, 7) is 4.02. The minimum Gasteiger partial charge on any atom is -0.483 e. The van der Waals surface area contributed by atoms with Crippen molar-refractivity contribution in [2.24, 2.45) is 0 Å². The molecule has 150 valence electrons. The molecule has 5 nitrogen and oxygen atoms in total. The van der Waals surface area contributed by atoms with Crippen molar-refractivity contribution < 1.29 is 14.3 Å². The topological polar surface area (TPSA) is 58.6 Å². The van der Waals surface area contributed by atoms with Crippen molar-refractivity contribution >= 4 is 39.3 Å². The number of likely N-dealkylation sites (N-methyl/N-ethyl adjacent to an activating group) is 1. The van der Waals surface area contributed by atoms with Gasteiger partial charge in [-0.15, -0.1) is 0 Å². The van der Waals surface area contributed by atoms with E-state index >= 15 is 0 Å². The lowest BCUT2D eigenvalue weighted by atomic mass is 10.1. The number of carbonyl (C=O) groups is 2. The van der Waals surface area contributed by atoms with Crippen LogP contribution >= 0.6 is 27.5 Å². The number of hydrogen-bond donors (Lipinski definition) is 1. The molecule has 2 amide bonds. The van der Waals surface area contributed by atoms with Crippen molar-refractivity contribution in [3.63, 3.8) is 0 Å². The molecule has 7 heteroatoms. The molecule has 1 N–H and O–H groups in total. The lowest BCUT2D eigenvalue weighted by molar-refractivity contribution is -0.142. The minimum absolute atomic E-state index is 0.181. The first-order valence-corrected chi connectivity index (χ1v) is 10.2. The van der Waals surface area contributed by atoms with Crippen LogP contribution in [0, 0.1) is 6.92 Å². The molecule has 0 heterocycles. The van der Waals surface area contributed by atoms with E-state index < -0.39 is 6.04 Å². The molecule has 0 saturated carbocycles. The molecular formula is C21H24BrClN2O3. The molecule has 28 heavy (non-hydrogen) atoms. The van der Waals surface area contributed by atoms with Crippen molar-refractivity contribution in [3.05, 3.63) is 63.1 Å². The summed E-state index contributed by atoms with van der Waals surface area (Å²) in [6, 6.07) is 12.3. The molecule has 1 unspecified atom stereocenters. The fourth-order valence-electron chi connectivity index (χ4n) is 2.87. The van der Waals surface area contributed by atoms with Gasteiger partial charge in [0, 0.05) is 18.6 Å². The molecule has 2 rings (SSSR count). The first kappa shape index (κ1) is 22.2. The fraction of sp³-hybridized carbons (Fsp3) is 0.333. The molecule has 2 aromatic carbocycles. The van der Waals surface area contributed by atoms with Crippen LogP contribution < -0.4 is 10.1 Å². The summed E-state index contributed by atoms with van der Waals surface area (Å²) in [5, 5.41) is 3.21. The van der Waals surface area contributed by atoms with Gasteiger partial charge in [-0.2, -0.15) is 0 Å². The van der Waals surface area contributed by atoms with Crippen LogP contribution in [0.4, 0.5) is 0 Å². The van der Waals surface area contributed by atoms with Gasteiger partial charge in [0.25, 0.3) is 5.91 Å². The molecule has 0 aliphatic heterocycles. The highest BCUT2D eigenvalue weighted by Crippen LogP contribution is 2.28. The third-order valence-corrected chi connectivity index (χ3v) is 5.33. The van der Waals surface area contributed by atoms with Gasteiger partial charge < -0.3 is 15.0 Å². The van der Waals surface area contributed by atoms with Gasteiger partial charge in [0.1, 0.15) is 11.8 Å². The second-order valence-electron chi connectivity index (χ2n) is 6.35. The third-order valence-electron chi connectivity index (χ3n) is 4.48. The van der Waals surface area contributed by atoms with Crippen LogP contribution in [-0.4, -0.2) is 36.4 Å². The molecule has 0 saturated heterocycles. The Bertz CT molecular complexity index is 844. The Morgan fingerprint density at radius 1 is 1.25 bits per heavy atom. The summed E-state index contributed by atoms with van der Waals surface area (Å²) in [5.74, 6) is 0.0549. The van der Waals surface area contributed by atoms with Crippen molar-refractivity contribution in [3.8, 4) is 5.75 Å². The van der Waals surface area contributed by atoms with Gasteiger partial charge >= 0.3 is 0 Å². The molecule has 2 aromatic rings. The van der Waals surface area contributed by atoms with Crippen LogP contribution in [0.5, 0.6) is 5.75 Å². The number of hydrogen-bond acceptors (Lipinski definition) is 3. The molecule has 0 bridgehead atoms. The highest BCUT2D eigenvalue weighted by Gasteiger charge is 2.28. The molecular weight excluding hydrogens is 444 g/mol. The summed E-state index contributed by atoms with van der Waals surface area (Å²) in [4.78, 5) is 26.9. The van der Waals surface area contributed by atoms with Crippen LogP contribution in [0.1, 0.15) is 24.5 Å².